The summed E-state index contributed by atoms with van der Waals surface area (Å²) in [6.45, 7) is 0.309. The summed E-state index contributed by atoms with van der Waals surface area (Å²) in [6, 6.07) is 5.37. The van der Waals surface area contributed by atoms with Crippen LogP contribution in [0.1, 0.15) is 11.3 Å². The number of carbonyl (C=O) groups is 1. The Kier molecular flexibility index (Phi) is 4.28. The van der Waals surface area contributed by atoms with Crippen molar-refractivity contribution < 1.29 is 14.3 Å². The summed E-state index contributed by atoms with van der Waals surface area (Å²) in [4.78, 5) is 12.1. The number of benzene rings is 1. The number of aromatic nitrogens is 2. The molecule has 1 aromatic heterocycles. The van der Waals surface area contributed by atoms with Crippen molar-refractivity contribution in [3.8, 4) is 5.75 Å². The molecule has 2 aromatic rings. The van der Waals surface area contributed by atoms with Crippen molar-refractivity contribution in [3.63, 3.8) is 0 Å². The summed E-state index contributed by atoms with van der Waals surface area (Å²) in [6.07, 6.45) is 0.539. The van der Waals surface area contributed by atoms with E-state index in [1.807, 2.05) is 0 Å². The maximum atomic E-state index is 12.1. The first-order valence-corrected chi connectivity index (χ1v) is 7.71. The maximum Gasteiger partial charge on any atom is 0.313 e. The van der Waals surface area contributed by atoms with E-state index < -0.39 is 0 Å². The van der Waals surface area contributed by atoms with Crippen molar-refractivity contribution in [2.24, 2.45) is 5.92 Å². The highest BCUT2D eigenvalue weighted by Gasteiger charge is 2.27. The highest BCUT2D eigenvalue weighted by atomic mass is 35.5. The van der Waals surface area contributed by atoms with Crippen LogP contribution in [0.4, 0.5) is 0 Å². The highest BCUT2D eigenvalue weighted by Crippen LogP contribution is 2.30. The molecule has 5 nitrogen and oxygen atoms in total. The summed E-state index contributed by atoms with van der Waals surface area (Å²) >= 11 is 12.9. The van der Waals surface area contributed by atoms with Crippen LogP contribution in [0.3, 0.4) is 0 Å². The summed E-state index contributed by atoms with van der Waals surface area (Å²) in [5.74, 6) is 0.0567. The Morgan fingerprint density at radius 1 is 1.48 bits per heavy atom. The van der Waals surface area contributed by atoms with Crippen molar-refractivity contribution in [1.29, 1.82) is 0 Å². The van der Waals surface area contributed by atoms with Crippen molar-refractivity contribution in [1.82, 2.24) is 9.59 Å². The van der Waals surface area contributed by atoms with E-state index in [1.165, 1.54) is 0 Å². The van der Waals surface area contributed by atoms with Crippen LogP contribution in [-0.4, -0.2) is 22.2 Å². The molecule has 0 aliphatic carbocycles. The lowest BCUT2D eigenvalue weighted by molar-refractivity contribution is -0.151. The van der Waals surface area contributed by atoms with E-state index in [4.69, 9.17) is 32.7 Å². The number of carbonyl (C=O) groups excluding carboxylic acids is 1. The molecular formula is C13H10Cl2N2O3S. The van der Waals surface area contributed by atoms with E-state index in [-0.39, 0.29) is 25.1 Å². The molecule has 0 saturated heterocycles. The van der Waals surface area contributed by atoms with Gasteiger partial charge in [0.2, 0.25) is 0 Å². The quantitative estimate of drug-likeness (QED) is 0.800. The van der Waals surface area contributed by atoms with Crippen molar-refractivity contribution in [2.45, 2.75) is 13.0 Å². The SMILES string of the molecule is O=C(OCc1nnsc1Cl)C1COc2ccc(Cl)cc2C1. The lowest BCUT2D eigenvalue weighted by atomic mass is 9.97. The molecule has 0 spiro atoms. The third kappa shape index (κ3) is 3.28. The van der Waals surface area contributed by atoms with E-state index in [2.05, 4.69) is 9.59 Å². The largest absolute Gasteiger partial charge is 0.492 e. The second kappa shape index (κ2) is 6.17. The lowest BCUT2D eigenvalue weighted by Crippen LogP contribution is -2.29. The molecule has 110 valence electrons. The second-order valence-corrected chi connectivity index (χ2v) is 6.36. The Balaban J connectivity index is 1.63. The molecule has 0 N–H and O–H groups in total. The number of hydrogen-bond donors (Lipinski definition) is 0. The smallest absolute Gasteiger partial charge is 0.313 e. The van der Waals surface area contributed by atoms with Gasteiger partial charge in [-0.05, 0) is 30.2 Å². The number of rotatable bonds is 3. The Morgan fingerprint density at radius 2 is 2.33 bits per heavy atom. The van der Waals surface area contributed by atoms with Gasteiger partial charge in [-0.15, -0.1) is 5.10 Å². The van der Waals surface area contributed by atoms with Crippen LogP contribution in [0.25, 0.3) is 0 Å². The minimum Gasteiger partial charge on any atom is -0.492 e. The van der Waals surface area contributed by atoms with E-state index in [0.717, 1.165) is 22.8 Å². The average molecular weight is 345 g/mol. The third-order valence-corrected chi connectivity index (χ3v) is 4.34. The maximum absolute atomic E-state index is 12.1. The molecule has 1 aliphatic rings. The number of ether oxygens (including phenoxy) is 2. The monoisotopic (exact) mass is 344 g/mol. The molecule has 1 atom stereocenters. The van der Waals surface area contributed by atoms with Gasteiger partial charge in [-0.2, -0.15) is 0 Å². The molecule has 1 unspecified atom stereocenters. The summed E-state index contributed by atoms with van der Waals surface area (Å²) in [5, 5.41) is 4.41. The van der Waals surface area contributed by atoms with Crippen LogP contribution in [-0.2, 0) is 22.6 Å². The van der Waals surface area contributed by atoms with Gasteiger partial charge in [0.05, 0.1) is 5.92 Å². The molecule has 3 rings (SSSR count). The molecule has 1 aliphatic heterocycles. The normalized spacial score (nSPS) is 17.0. The molecular weight excluding hydrogens is 335 g/mol. The van der Waals surface area contributed by atoms with Gasteiger partial charge < -0.3 is 9.47 Å². The fourth-order valence-corrected chi connectivity index (χ4v) is 2.85. The molecule has 0 saturated carbocycles. The molecule has 0 amide bonds. The summed E-state index contributed by atoms with van der Waals surface area (Å²) in [5.41, 5.74) is 1.37. The van der Waals surface area contributed by atoms with Crippen LogP contribution in [0.5, 0.6) is 5.75 Å². The van der Waals surface area contributed by atoms with Gasteiger partial charge in [-0.25, -0.2) is 0 Å². The number of esters is 1. The zero-order valence-corrected chi connectivity index (χ0v) is 13.0. The van der Waals surface area contributed by atoms with Crippen LogP contribution >= 0.6 is 34.7 Å². The van der Waals surface area contributed by atoms with Crippen molar-refractivity contribution in [2.75, 3.05) is 6.61 Å². The minimum absolute atomic E-state index is 0.0209. The first-order chi connectivity index (χ1) is 10.1. The fraction of sp³-hybridized carbons (Fsp3) is 0.308. The summed E-state index contributed by atoms with van der Waals surface area (Å²) in [7, 11) is 0. The van der Waals surface area contributed by atoms with Crippen LogP contribution in [0.2, 0.25) is 9.36 Å². The van der Waals surface area contributed by atoms with Crippen molar-refractivity contribution in [3.05, 3.63) is 38.8 Å². The Bertz CT molecular complexity index is 677. The van der Waals surface area contributed by atoms with Crippen LogP contribution in [0, 0.1) is 5.92 Å². The number of halogens is 2. The molecule has 8 heteroatoms. The van der Waals surface area contributed by atoms with Crippen LogP contribution < -0.4 is 4.74 Å². The third-order valence-electron chi connectivity index (χ3n) is 3.12. The Labute approximate surface area is 134 Å². The zero-order valence-electron chi connectivity index (χ0n) is 10.7. The van der Waals surface area contributed by atoms with Gasteiger partial charge in [-0.1, -0.05) is 27.7 Å². The summed E-state index contributed by atoms with van der Waals surface area (Å²) < 4.78 is 14.9. The van der Waals surface area contributed by atoms with E-state index in [1.54, 1.807) is 18.2 Å². The topological polar surface area (TPSA) is 61.3 Å². The molecule has 1 aromatic carbocycles. The molecule has 0 radical (unpaired) electrons. The van der Waals surface area contributed by atoms with E-state index >= 15 is 0 Å². The van der Waals surface area contributed by atoms with Gasteiger partial charge in [-0.3, -0.25) is 4.79 Å². The fourth-order valence-electron chi connectivity index (χ4n) is 2.05. The first-order valence-electron chi connectivity index (χ1n) is 6.18. The van der Waals surface area contributed by atoms with Crippen molar-refractivity contribution >= 4 is 40.7 Å². The standard InChI is InChI=1S/C13H10Cl2N2O3S/c14-9-1-2-11-7(4-9)3-8(5-19-11)13(18)20-6-10-12(15)21-17-16-10/h1-2,4,8H,3,5-6H2. The molecule has 0 fully saturated rings. The minimum atomic E-state index is -0.360. The number of fused-ring (bicyclic) bond motifs is 1. The van der Waals surface area contributed by atoms with Gasteiger partial charge in [0.15, 0.2) is 0 Å². The highest BCUT2D eigenvalue weighted by molar-refractivity contribution is 7.10. The first kappa shape index (κ1) is 14.6. The molecule has 21 heavy (non-hydrogen) atoms. The van der Waals surface area contributed by atoms with Gasteiger partial charge in [0.25, 0.3) is 0 Å². The molecule has 0 bridgehead atoms. The lowest BCUT2D eigenvalue weighted by Gasteiger charge is -2.24. The Hall–Kier alpha value is -1.37. The van der Waals surface area contributed by atoms with E-state index in [0.29, 0.717) is 21.5 Å². The van der Waals surface area contributed by atoms with Crippen LogP contribution in [0.15, 0.2) is 18.2 Å². The Morgan fingerprint density at radius 3 is 3.10 bits per heavy atom. The van der Waals surface area contributed by atoms with E-state index in [9.17, 15) is 4.79 Å². The second-order valence-electron chi connectivity index (χ2n) is 4.57. The predicted molar refractivity (Wildman–Crippen MR) is 78.9 cm³/mol. The number of hydrogen-bond acceptors (Lipinski definition) is 6. The van der Waals surface area contributed by atoms with Gasteiger partial charge >= 0.3 is 5.97 Å². The number of nitrogens with zero attached hydrogens (tertiary/aromatic N) is 2. The van der Waals surface area contributed by atoms with Gasteiger partial charge in [0.1, 0.15) is 29.0 Å². The van der Waals surface area contributed by atoms with Gasteiger partial charge in [0, 0.05) is 16.6 Å². The molecule has 2 heterocycles. The predicted octanol–water partition coefficient (Wildman–Crippen LogP) is 3.14. The zero-order chi connectivity index (χ0) is 14.8. The average Bonchev–Trinajstić information content (AvgIpc) is 2.89.